The van der Waals surface area contributed by atoms with Gasteiger partial charge in [-0.2, -0.15) is 16.7 Å². The molecule has 0 saturated heterocycles. The number of aryl methyl sites for hydroxylation is 1. The van der Waals surface area contributed by atoms with Crippen molar-refractivity contribution in [2.24, 2.45) is 0 Å². The zero-order valence-electron chi connectivity index (χ0n) is 11.4. The summed E-state index contributed by atoms with van der Waals surface area (Å²) in [5, 5.41) is 14.4. The molecule has 1 atom stereocenters. The number of aromatic nitrogens is 2. The topological polar surface area (TPSA) is 59.2 Å². The highest BCUT2D eigenvalue weighted by Gasteiger charge is 2.13. The molecule has 4 nitrogen and oxygen atoms in total. The smallest absolute Gasteiger partial charge is 0.261 e. The summed E-state index contributed by atoms with van der Waals surface area (Å²) in [6.45, 7) is 6.26. The number of hydrogen-bond acceptors (Lipinski definition) is 5. The Balaban J connectivity index is 2.12. The van der Waals surface area contributed by atoms with E-state index >= 15 is 0 Å². The Morgan fingerprint density at radius 3 is 2.89 bits per heavy atom. The Morgan fingerprint density at radius 1 is 1.42 bits per heavy atom. The maximum atomic E-state index is 9.88. The van der Waals surface area contributed by atoms with Crippen molar-refractivity contribution in [3.63, 3.8) is 0 Å². The summed E-state index contributed by atoms with van der Waals surface area (Å²) in [4.78, 5) is 4.32. The average molecular weight is 278 g/mol. The van der Waals surface area contributed by atoms with Crippen LogP contribution in [-0.2, 0) is 5.75 Å². The Morgan fingerprint density at radius 2 is 2.21 bits per heavy atom. The molecule has 0 aliphatic rings. The van der Waals surface area contributed by atoms with Crippen LogP contribution in [0.4, 0.5) is 0 Å². The first-order valence-electron chi connectivity index (χ1n) is 6.34. The van der Waals surface area contributed by atoms with Gasteiger partial charge in [0, 0.05) is 5.25 Å². The molecule has 1 N–H and O–H groups in total. The van der Waals surface area contributed by atoms with Crippen molar-refractivity contribution in [3.8, 4) is 17.2 Å². The van der Waals surface area contributed by atoms with Crippen molar-refractivity contribution in [1.82, 2.24) is 10.1 Å². The molecule has 0 radical (unpaired) electrons. The monoisotopic (exact) mass is 278 g/mol. The molecule has 19 heavy (non-hydrogen) atoms. The Bertz CT molecular complexity index is 554. The van der Waals surface area contributed by atoms with Crippen LogP contribution in [0.1, 0.15) is 31.7 Å². The number of rotatable bonds is 5. The highest BCUT2D eigenvalue weighted by Crippen LogP contribution is 2.29. The first-order valence-corrected chi connectivity index (χ1v) is 7.39. The number of benzene rings is 1. The second-order valence-corrected chi connectivity index (χ2v) is 5.99. The highest BCUT2D eigenvalue weighted by molar-refractivity contribution is 7.99. The van der Waals surface area contributed by atoms with Crippen LogP contribution in [0.2, 0.25) is 0 Å². The quantitative estimate of drug-likeness (QED) is 0.901. The van der Waals surface area contributed by atoms with Gasteiger partial charge in [-0.05, 0) is 31.0 Å². The number of phenols is 1. The minimum atomic E-state index is 0.171. The van der Waals surface area contributed by atoms with Crippen molar-refractivity contribution < 1.29 is 9.63 Å². The number of hydrogen-bond donors (Lipinski definition) is 1. The van der Waals surface area contributed by atoms with Crippen molar-refractivity contribution in [3.05, 3.63) is 29.6 Å². The molecule has 0 bridgehead atoms. The van der Waals surface area contributed by atoms with Crippen molar-refractivity contribution in [1.29, 1.82) is 0 Å². The van der Waals surface area contributed by atoms with Crippen LogP contribution in [0.3, 0.4) is 0 Å². The second kappa shape index (κ2) is 6.10. The third kappa shape index (κ3) is 3.50. The van der Waals surface area contributed by atoms with Crippen molar-refractivity contribution in [2.45, 2.75) is 38.2 Å². The predicted molar refractivity (Wildman–Crippen MR) is 77.2 cm³/mol. The zero-order chi connectivity index (χ0) is 13.8. The molecule has 0 amide bonds. The lowest BCUT2D eigenvalue weighted by Gasteiger charge is -2.04. The molecular formula is C14H18N2O2S. The van der Waals surface area contributed by atoms with Crippen LogP contribution in [0.25, 0.3) is 11.5 Å². The molecule has 102 valence electrons. The normalized spacial score (nSPS) is 12.6. The Kier molecular flexibility index (Phi) is 4.47. The van der Waals surface area contributed by atoms with Gasteiger partial charge in [-0.3, -0.25) is 0 Å². The van der Waals surface area contributed by atoms with Crippen molar-refractivity contribution in [2.75, 3.05) is 0 Å². The fourth-order valence-electron chi connectivity index (χ4n) is 1.58. The van der Waals surface area contributed by atoms with Crippen LogP contribution >= 0.6 is 11.8 Å². The van der Waals surface area contributed by atoms with Crippen LogP contribution in [0.15, 0.2) is 22.7 Å². The molecule has 5 heteroatoms. The third-order valence-corrected chi connectivity index (χ3v) is 4.25. The first-order chi connectivity index (χ1) is 9.10. The number of aromatic hydroxyl groups is 1. The molecule has 0 fully saturated rings. The molecule has 0 aliphatic heterocycles. The Labute approximate surface area is 117 Å². The van der Waals surface area contributed by atoms with E-state index in [2.05, 4.69) is 24.0 Å². The van der Waals surface area contributed by atoms with Gasteiger partial charge in [0.05, 0.1) is 11.3 Å². The van der Waals surface area contributed by atoms with Gasteiger partial charge >= 0.3 is 0 Å². The van der Waals surface area contributed by atoms with Gasteiger partial charge < -0.3 is 9.63 Å². The summed E-state index contributed by atoms with van der Waals surface area (Å²) < 4.78 is 5.20. The van der Waals surface area contributed by atoms with E-state index < -0.39 is 0 Å². The number of thioether (sulfide) groups is 1. The van der Waals surface area contributed by atoms with E-state index in [9.17, 15) is 5.11 Å². The molecule has 1 aromatic carbocycles. The van der Waals surface area contributed by atoms with Crippen LogP contribution in [0, 0.1) is 6.92 Å². The van der Waals surface area contributed by atoms with Crippen LogP contribution < -0.4 is 0 Å². The average Bonchev–Trinajstić information content (AvgIpc) is 2.84. The number of phenolic OH excluding ortho intramolecular Hbond substituents is 1. The van der Waals surface area contributed by atoms with Crippen LogP contribution in [0.5, 0.6) is 5.75 Å². The fourth-order valence-corrected chi connectivity index (χ4v) is 2.37. The molecule has 1 aromatic heterocycles. The Hall–Kier alpha value is -1.49. The lowest BCUT2D eigenvalue weighted by Crippen LogP contribution is -1.94. The minimum absolute atomic E-state index is 0.171. The maximum absolute atomic E-state index is 9.88. The summed E-state index contributed by atoms with van der Waals surface area (Å²) in [5.74, 6) is 1.94. The minimum Gasteiger partial charge on any atom is -0.507 e. The fraction of sp³-hybridized carbons (Fsp3) is 0.429. The standard InChI is InChI=1S/C14H18N2O2S/c1-4-10(3)19-8-13-15-14(18-16-13)11-6-5-9(2)7-12(11)17/h5-7,10,17H,4,8H2,1-3H3. The lowest BCUT2D eigenvalue weighted by molar-refractivity contribution is 0.419. The summed E-state index contributed by atoms with van der Waals surface area (Å²) in [6, 6.07) is 5.39. The van der Waals surface area contributed by atoms with E-state index in [0.717, 1.165) is 17.7 Å². The van der Waals surface area contributed by atoms with Gasteiger partial charge in [0.2, 0.25) is 0 Å². The van der Waals surface area contributed by atoms with Gasteiger partial charge in [-0.1, -0.05) is 25.1 Å². The van der Waals surface area contributed by atoms with Gasteiger partial charge in [0.15, 0.2) is 5.82 Å². The molecule has 0 aliphatic carbocycles. The molecule has 1 unspecified atom stereocenters. The zero-order valence-corrected chi connectivity index (χ0v) is 12.2. The molecule has 1 heterocycles. The first kappa shape index (κ1) is 13.9. The van der Waals surface area contributed by atoms with E-state index in [1.807, 2.05) is 13.0 Å². The SMILES string of the molecule is CCC(C)SCc1noc(-c2ccc(C)cc2O)n1. The maximum Gasteiger partial charge on any atom is 0.261 e. The molecule has 0 spiro atoms. The van der Waals surface area contributed by atoms with Gasteiger partial charge in [-0.25, -0.2) is 0 Å². The molecule has 2 rings (SSSR count). The number of nitrogens with zero attached hydrogens (tertiary/aromatic N) is 2. The molecule has 0 saturated carbocycles. The van der Waals surface area contributed by atoms with Gasteiger partial charge in [0.25, 0.3) is 5.89 Å². The van der Waals surface area contributed by atoms with Crippen LogP contribution in [-0.4, -0.2) is 20.5 Å². The molecule has 2 aromatic rings. The third-order valence-electron chi connectivity index (χ3n) is 2.92. The van der Waals surface area contributed by atoms with E-state index in [0.29, 0.717) is 22.5 Å². The summed E-state index contributed by atoms with van der Waals surface area (Å²) in [7, 11) is 0. The predicted octanol–water partition coefficient (Wildman–Crippen LogP) is 3.78. The van der Waals surface area contributed by atoms with E-state index in [1.54, 1.807) is 23.9 Å². The van der Waals surface area contributed by atoms with E-state index in [-0.39, 0.29) is 5.75 Å². The summed E-state index contributed by atoms with van der Waals surface area (Å²) >= 11 is 1.80. The van der Waals surface area contributed by atoms with E-state index in [1.165, 1.54) is 0 Å². The van der Waals surface area contributed by atoms with Crippen molar-refractivity contribution >= 4 is 11.8 Å². The van der Waals surface area contributed by atoms with Gasteiger partial charge in [-0.15, -0.1) is 0 Å². The highest BCUT2D eigenvalue weighted by atomic mass is 32.2. The largest absolute Gasteiger partial charge is 0.507 e. The van der Waals surface area contributed by atoms with E-state index in [4.69, 9.17) is 4.52 Å². The summed E-state index contributed by atoms with van der Waals surface area (Å²) in [6.07, 6.45) is 1.12. The summed E-state index contributed by atoms with van der Waals surface area (Å²) in [5.41, 5.74) is 1.58. The lowest BCUT2D eigenvalue weighted by atomic mass is 10.1. The second-order valence-electron chi connectivity index (χ2n) is 4.57. The van der Waals surface area contributed by atoms with Gasteiger partial charge in [0.1, 0.15) is 5.75 Å². The molecular weight excluding hydrogens is 260 g/mol.